The number of rotatable bonds is 7. The highest BCUT2D eigenvalue weighted by molar-refractivity contribution is 14.0. The van der Waals surface area contributed by atoms with Crippen LogP contribution in [-0.2, 0) is 4.79 Å². The van der Waals surface area contributed by atoms with Crippen molar-refractivity contribution in [3.05, 3.63) is 35.9 Å². The molecule has 0 bridgehead atoms. The Balaban J connectivity index is 0.00000484. The lowest BCUT2D eigenvalue weighted by molar-refractivity contribution is -0.127. The standard InChI is InChI=1S/C16H26N4O2.HI/c1-4-17-16(19-11-15(22)20(2)3)18-10-14(12-21)13-8-6-5-7-9-13;/h5-9,14,21H,4,10-12H2,1-3H3,(H2,17,18,19);1H. The number of halogens is 1. The van der Waals surface area contributed by atoms with Crippen LogP contribution in [0.1, 0.15) is 18.4 Å². The molecule has 1 atom stereocenters. The van der Waals surface area contributed by atoms with E-state index in [0.717, 1.165) is 5.56 Å². The van der Waals surface area contributed by atoms with Crippen molar-refractivity contribution in [1.29, 1.82) is 0 Å². The van der Waals surface area contributed by atoms with Gasteiger partial charge in [0, 0.05) is 33.1 Å². The summed E-state index contributed by atoms with van der Waals surface area (Å²) < 4.78 is 0. The fraction of sp³-hybridized carbons (Fsp3) is 0.500. The van der Waals surface area contributed by atoms with Crippen molar-refractivity contribution in [1.82, 2.24) is 15.5 Å². The number of carbonyl (C=O) groups excluding carboxylic acids is 1. The van der Waals surface area contributed by atoms with Gasteiger partial charge in [0.2, 0.25) is 5.91 Å². The number of benzene rings is 1. The number of likely N-dealkylation sites (N-methyl/N-ethyl adjacent to an activating group) is 1. The highest BCUT2D eigenvalue weighted by Crippen LogP contribution is 2.13. The summed E-state index contributed by atoms with van der Waals surface area (Å²) in [5, 5.41) is 15.8. The number of hydrogen-bond donors (Lipinski definition) is 3. The molecule has 0 aliphatic rings. The first-order valence-corrected chi connectivity index (χ1v) is 7.46. The van der Waals surface area contributed by atoms with Gasteiger partial charge in [-0.1, -0.05) is 30.3 Å². The van der Waals surface area contributed by atoms with Crippen LogP contribution in [0.4, 0.5) is 0 Å². The Labute approximate surface area is 155 Å². The molecule has 1 aromatic carbocycles. The molecule has 0 saturated carbocycles. The van der Waals surface area contributed by atoms with E-state index in [9.17, 15) is 9.90 Å². The van der Waals surface area contributed by atoms with Crippen LogP contribution in [0.3, 0.4) is 0 Å². The number of amides is 1. The zero-order valence-electron chi connectivity index (χ0n) is 14.0. The molecule has 1 unspecified atom stereocenters. The zero-order chi connectivity index (χ0) is 16.4. The first-order valence-electron chi connectivity index (χ1n) is 7.46. The summed E-state index contributed by atoms with van der Waals surface area (Å²) in [5.74, 6) is 0.501. The summed E-state index contributed by atoms with van der Waals surface area (Å²) in [7, 11) is 3.41. The van der Waals surface area contributed by atoms with Gasteiger partial charge < -0.3 is 20.6 Å². The van der Waals surface area contributed by atoms with Gasteiger partial charge in [0.1, 0.15) is 6.54 Å². The van der Waals surface area contributed by atoms with Crippen molar-refractivity contribution in [3.63, 3.8) is 0 Å². The van der Waals surface area contributed by atoms with Crippen LogP contribution >= 0.6 is 24.0 Å². The molecule has 0 aliphatic heterocycles. The fourth-order valence-electron chi connectivity index (χ4n) is 1.86. The minimum absolute atomic E-state index is 0. The first-order chi connectivity index (χ1) is 10.6. The SMILES string of the molecule is CCNC(=NCC(=O)N(C)C)NCC(CO)c1ccccc1.I. The molecule has 0 aromatic heterocycles. The highest BCUT2D eigenvalue weighted by Gasteiger charge is 2.11. The topological polar surface area (TPSA) is 77.0 Å². The Morgan fingerprint density at radius 3 is 2.43 bits per heavy atom. The molecule has 1 amide bonds. The number of aliphatic imine (C=N–C) groups is 1. The van der Waals surface area contributed by atoms with Gasteiger partial charge in [0.25, 0.3) is 0 Å². The summed E-state index contributed by atoms with van der Waals surface area (Å²) >= 11 is 0. The summed E-state index contributed by atoms with van der Waals surface area (Å²) in [6, 6.07) is 9.83. The molecule has 0 saturated heterocycles. The van der Waals surface area contributed by atoms with E-state index in [0.29, 0.717) is 19.0 Å². The average molecular weight is 434 g/mol. The molecule has 0 heterocycles. The van der Waals surface area contributed by atoms with Gasteiger partial charge in [0.05, 0.1) is 6.61 Å². The summed E-state index contributed by atoms with van der Waals surface area (Å²) in [6.45, 7) is 3.36. The molecule has 23 heavy (non-hydrogen) atoms. The fourth-order valence-corrected chi connectivity index (χ4v) is 1.86. The van der Waals surface area contributed by atoms with Gasteiger partial charge in [-0.15, -0.1) is 24.0 Å². The van der Waals surface area contributed by atoms with E-state index in [1.54, 1.807) is 14.1 Å². The third-order valence-electron chi connectivity index (χ3n) is 3.22. The van der Waals surface area contributed by atoms with Gasteiger partial charge in [-0.05, 0) is 12.5 Å². The van der Waals surface area contributed by atoms with E-state index < -0.39 is 0 Å². The lowest BCUT2D eigenvalue weighted by Gasteiger charge is -2.18. The second-order valence-corrected chi connectivity index (χ2v) is 5.15. The number of aliphatic hydroxyl groups excluding tert-OH is 1. The van der Waals surface area contributed by atoms with E-state index in [4.69, 9.17) is 0 Å². The van der Waals surface area contributed by atoms with Crippen molar-refractivity contribution >= 4 is 35.8 Å². The third-order valence-corrected chi connectivity index (χ3v) is 3.22. The minimum Gasteiger partial charge on any atom is -0.396 e. The van der Waals surface area contributed by atoms with E-state index in [1.165, 1.54) is 4.90 Å². The number of carbonyl (C=O) groups is 1. The molecule has 0 spiro atoms. The van der Waals surface area contributed by atoms with Crippen molar-refractivity contribution in [2.24, 2.45) is 4.99 Å². The lowest BCUT2D eigenvalue weighted by atomic mass is 10.0. The Morgan fingerprint density at radius 2 is 1.91 bits per heavy atom. The monoisotopic (exact) mass is 434 g/mol. The van der Waals surface area contributed by atoms with E-state index >= 15 is 0 Å². The van der Waals surface area contributed by atoms with Gasteiger partial charge in [-0.2, -0.15) is 0 Å². The largest absolute Gasteiger partial charge is 0.396 e. The lowest BCUT2D eigenvalue weighted by Crippen LogP contribution is -2.40. The number of guanidine groups is 1. The molecule has 0 fully saturated rings. The van der Waals surface area contributed by atoms with Crippen LogP contribution in [0.2, 0.25) is 0 Å². The smallest absolute Gasteiger partial charge is 0.243 e. The third kappa shape index (κ3) is 8.17. The average Bonchev–Trinajstić information content (AvgIpc) is 2.53. The van der Waals surface area contributed by atoms with Crippen molar-refractivity contribution < 1.29 is 9.90 Å². The van der Waals surface area contributed by atoms with Gasteiger partial charge in [-0.25, -0.2) is 4.99 Å². The maximum Gasteiger partial charge on any atom is 0.243 e. The predicted molar refractivity (Wildman–Crippen MR) is 104 cm³/mol. The Morgan fingerprint density at radius 1 is 1.26 bits per heavy atom. The predicted octanol–water partition coefficient (Wildman–Crippen LogP) is 1.02. The molecule has 6 nitrogen and oxygen atoms in total. The normalized spacial score (nSPS) is 12.1. The molecule has 7 heteroatoms. The second kappa shape index (κ2) is 12.1. The zero-order valence-corrected chi connectivity index (χ0v) is 16.3. The molecule has 0 aliphatic carbocycles. The number of aliphatic hydroxyl groups is 1. The highest BCUT2D eigenvalue weighted by atomic mass is 127. The molecule has 0 radical (unpaired) electrons. The molecule has 1 rings (SSSR count). The van der Waals surface area contributed by atoms with Crippen molar-refractivity contribution in [3.8, 4) is 0 Å². The summed E-state index contributed by atoms with van der Waals surface area (Å²) in [6.07, 6.45) is 0. The van der Waals surface area contributed by atoms with Gasteiger partial charge >= 0.3 is 0 Å². The Hall–Kier alpha value is -1.35. The molecule has 3 N–H and O–H groups in total. The number of nitrogens with one attached hydrogen (secondary N) is 2. The summed E-state index contributed by atoms with van der Waals surface area (Å²) in [4.78, 5) is 17.4. The maximum atomic E-state index is 11.6. The van der Waals surface area contributed by atoms with Crippen LogP contribution < -0.4 is 10.6 Å². The number of nitrogens with zero attached hydrogens (tertiary/aromatic N) is 2. The minimum atomic E-state index is -0.0565. The molecule has 1 aromatic rings. The van der Waals surface area contributed by atoms with Crippen LogP contribution in [0, 0.1) is 0 Å². The van der Waals surface area contributed by atoms with Gasteiger partial charge in [-0.3, -0.25) is 4.79 Å². The second-order valence-electron chi connectivity index (χ2n) is 5.15. The Kier molecular flexibility index (Phi) is 11.4. The molecular weight excluding hydrogens is 407 g/mol. The Bertz CT molecular complexity index is 480. The number of hydrogen-bond acceptors (Lipinski definition) is 3. The van der Waals surface area contributed by atoms with E-state index in [2.05, 4.69) is 15.6 Å². The maximum absolute atomic E-state index is 11.6. The molecular formula is C16H27IN4O2. The van der Waals surface area contributed by atoms with Crippen LogP contribution in [0.25, 0.3) is 0 Å². The van der Waals surface area contributed by atoms with Crippen LogP contribution in [-0.4, -0.2) is 62.2 Å². The van der Waals surface area contributed by atoms with Crippen molar-refractivity contribution in [2.75, 3.05) is 40.3 Å². The van der Waals surface area contributed by atoms with E-state index in [-0.39, 0.29) is 49.0 Å². The molecule has 130 valence electrons. The summed E-state index contributed by atoms with van der Waals surface area (Å²) in [5.41, 5.74) is 1.07. The van der Waals surface area contributed by atoms with E-state index in [1.807, 2.05) is 37.3 Å². The van der Waals surface area contributed by atoms with Crippen LogP contribution in [0.15, 0.2) is 35.3 Å². The first kappa shape index (κ1) is 21.6. The quantitative estimate of drug-likeness (QED) is 0.341. The van der Waals surface area contributed by atoms with Gasteiger partial charge in [0.15, 0.2) is 5.96 Å². The van der Waals surface area contributed by atoms with Crippen LogP contribution in [0.5, 0.6) is 0 Å². The van der Waals surface area contributed by atoms with Crippen molar-refractivity contribution in [2.45, 2.75) is 12.8 Å².